The lowest BCUT2D eigenvalue weighted by molar-refractivity contribution is -0.123. The fourth-order valence-electron chi connectivity index (χ4n) is 3.05. The Hall–Kier alpha value is -4.08. The molecule has 0 radical (unpaired) electrons. The molecule has 0 bridgehead atoms. The molecule has 172 valence electrons. The molecule has 3 aromatic rings. The van der Waals surface area contributed by atoms with Crippen LogP contribution in [0.4, 0.5) is 0 Å². The zero-order valence-electron chi connectivity index (χ0n) is 18.5. The van der Waals surface area contributed by atoms with Gasteiger partial charge in [-0.2, -0.15) is 5.26 Å². The number of nitrogens with one attached hydrogen (secondary N) is 2. The Balaban J connectivity index is 1.45. The van der Waals surface area contributed by atoms with E-state index < -0.39 is 5.91 Å². The lowest BCUT2D eigenvalue weighted by Gasteiger charge is -2.08. The summed E-state index contributed by atoms with van der Waals surface area (Å²) in [6.45, 7) is 0.725. The minimum Gasteiger partial charge on any atom is -0.484 e. The van der Waals surface area contributed by atoms with E-state index in [0.29, 0.717) is 22.9 Å². The lowest BCUT2D eigenvalue weighted by Crippen LogP contribution is -2.30. The SMILES string of the molecule is N#C/C(=C\c1ccc(OCC(=O)NCCc2ccccc2)cc1)C(=O)NCc1ccc(Cl)cc1. The van der Waals surface area contributed by atoms with Gasteiger partial charge in [-0.3, -0.25) is 9.59 Å². The van der Waals surface area contributed by atoms with Crippen molar-refractivity contribution in [2.45, 2.75) is 13.0 Å². The van der Waals surface area contributed by atoms with E-state index in [9.17, 15) is 14.9 Å². The van der Waals surface area contributed by atoms with Gasteiger partial charge in [0.25, 0.3) is 11.8 Å². The first-order valence-corrected chi connectivity index (χ1v) is 11.1. The molecule has 0 heterocycles. The zero-order chi connectivity index (χ0) is 24.2. The molecule has 7 heteroatoms. The Bertz CT molecular complexity index is 1170. The van der Waals surface area contributed by atoms with Crippen LogP contribution in [0.25, 0.3) is 6.08 Å². The van der Waals surface area contributed by atoms with Gasteiger partial charge in [0, 0.05) is 18.1 Å². The molecule has 0 aliphatic carbocycles. The van der Waals surface area contributed by atoms with E-state index in [1.54, 1.807) is 48.5 Å². The number of carbonyl (C=O) groups excluding carboxylic acids is 2. The summed E-state index contributed by atoms with van der Waals surface area (Å²) in [5.74, 6) is -0.157. The van der Waals surface area contributed by atoms with E-state index in [2.05, 4.69) is 10.6 Å². The molecule has 0 aromatic heterocycles. The molecular formula is C27H24ClN3O3. The summed E-state index contributed by atoms with van der Waals surface area (Å²) in [5.41, 5.74) is 2.68. The molecule has 34 heavy (non-hydrogen) atoms. The molecule has 0 saturated heterocycles. The lowest BCUT2D eigenvalue weighted by atomic mass is 10.1. The minimum atomic E-state index is -0.468. The normalized spacial score (nSPS) is 10.8. The van der Waals surface area contributed by atoms with Gasteiger partial charge in [0.2, 0.25) is 0 Å². The van der Waals surface area contributed by atoms with Crippen LogP contribution in [0.1, 0.15) is 16.7 Å². The quantitative estimate of drug-likeness (QED) is 0.339. The van der Waals surface area contributed by atoms with Crippen LogP contribution in [0.3, 0.4) is 0 Å². The van der Waals surface area contributed by atoms with Crippen LogP contribution in [-0.2, 0) is 22.6 Å². The number of rotatable bonds is 10. The maximum Gasteiger partial charge on any atom is 0.262 e. The molecule has 0 aliphatic heterocycles. The first kappa shape index (κ1) is 24.6. The number of nitrogens with zero attached hydrogens (tertiary/aromatic N) is 1. The molecule has 3 aromatic carbocycles. The van der Waals surface area contributed by atoms with E-state index in [4.69, 9.17) is 16.3 Å². The summed E-state index contributed by atoms with van der Waals surface area (Å²) in [5, 5.41) is 15.5. The van der Waals surface area contributed by atoms with Gasteiger partial charge in [0.05, 0.1) is 0 Å². The maximum absolute atomic E-state index is 12.3. The monoisotopic (exact) mass is 473 g/mol. The predicted octanol–water partition coefficient (Wildman–Crippen LogP) is 4.30. The van der Waals surface area contributed by atoms with Gasteiger partial charge in [-0.15, -0.1) is 0 Å². The molecule has 0 aliphatic rings. The van der Waals surface area contributed by atoms with Gasteiger partial charge < -0.3 is 15.4 Å². The average molecular weight is 474 g/mol. The third kappa shape index (κ3) is 8.12. The second-order valence-electron chi connectivity index (χ2n) is 7.42. The van der Waals surface area contributed by atoms with Gasteiger partial charge in [-0.25, -0.2) is 0 Å². The molecule has 3 rings (SSSR count). The number of halogens is 1. The number of benzene rings is 3. The van der Waals surface area contributed by atoms with Crippen molar-refractivity contribution in [1.82, 2.24) is 10.6 Å². The summed E-state index contributed by atoms with van der Waals surface area (Å²) in [4.78, 5) is 24.3. The molecule has 2 N–H and O–H groups in total. The van der Waals surface area contributed by atoms with Crippen molar-refractivity contribution in [3.63, 3.8) is 0 Å². The van der Waals surface area contributed by atoms with Crippen LogP contribution in [0, 0.1) is 11.3 Å². The van der Waals surface area contributed by atoms with Gasteiger partial charge in [0.1, 0.15) is 17.4 Å². The van der Waals surface area contributed by atoms with Crippen molar-refractivity contribution in [2.24, 2.45) is 0 Å². The highest BCUT2D eigenvalue weighted by molar-refractivity contribution is 6.30. The van der Waals surface area contributed by atoms with Crippen molar-refractivity contribution < 1.29 is 14.3 Å². The van der Waals surface area contributed by atoms with Crippen molar-refractivity contribution >= 4 is 29.5 Å². The second-order valence-corrected chi connectivity index (χ2v) is 7.86. The molecule has 6 nitrogen and oxygen atoms in total. The van der Waals surface area contributed by atoms with Gasteiger partial charge >= 0.3 is 0 Å². The largest absolute Gasteiger partial charge is 0.484 e. The van der Waals surface area contributed by atoms with E-state index in [-0.39, 0.29) is 24.6 Å². The van der Waals surface area contributed by atoms with Crippen LogP contribution in [0.5, 0.6) is 5.75 Å². The Morgan fingerprint density at radius 1 is 0.912 bits per heavy atom. The van der Waals surface area contributed by atoms with Gasteiger partial charge in [-0.1, -0.05) is 66.2 Å². The zero-order valence-corrected chi connectivity index (χ0v) is 19.2. The molecule has 0 fully saturated rings. The first-order valence-electron chi connectivity index (χ1n) is 10.7. The van der Waals surface area contributed by atoms with Crippen molar-refractivity contribution in [3.05, 3.63) is 106 Å². The minimum absolute atomic E-state index is 0.0135. The predicted molar refractivity (Wildman–Crippen MR) is 132 cm³/mol. The summed E-state index contributed by atoms with van der Waals surface area (Å²) in [6.07, 6.45) is 2.25. The van der Waals surface area contributed by atoms with Crippen molar-refractivity contribution in [1.29, 1.82) is 5.26 Å². The average Bonchev–Trinajstić information content (AvgIpc) is 2.87. The Labute approximate surface area is 203 Å². The summed E-state index contributed by atoms with van der Waals surface area (Å²) in [7, 11) is 0. The molecule has 2 amide bonds. The van der Waals surface area contributed by atoms with E-state index in [1.807, 2.05) is 36.4 Å². The van der Waals surface area contributed by atoms with Gasteiger partial charge in [-0.05, 0) is 53.5 Å². The van der Waals surface area contributed by atoms with Crippen LogP contribution < -0.4 is 15.4 Å². The molecular weight excluding hydrogens is 450 g/mol. The van der Waals surface area contributed by atoms with Crippen molar-refractivity contribution in [2.75, 3.05) is 13.2 Å². The standard InChI is InChI=1S/C27H24ClN3O3/c28-24-10-6-22(7-11-24)18-31-27(33)23(17-29)16-21-8-12-25(13-9-21)34-19-26(32)30-15-14-20-4-2-1-3-5-20/h1-13,16H,14-15,18-19H2,(H,30,32)(H,31,33)/b23-16+. The smallest absolute Gasteiger partial charge is 0.262 e. The number of hydrogen-bond acceptors (Lipinski definition) is 4. The topological polar surface area (TPSA) is 91.2 Å². The summed E-state index contributed by atoms with van der Waals surface area (Å²) < 4.78 is 5.51. The number of ether oxygens (including phenoxy) is 1. The number of amides is 2. The highest BCUT2D eigenvalue weighted by Gasteiger charge is 2.09. The van der Waals surface area contributed by atoms with Crippen LogP contribution in [0.2, 0.25) is 5.02 Å². The Kier molecular flexibility index (Phi) is 9.27. The third-order valence-corrected chi connectivity index (χ3v) is 5.12. The van der Waals surface area contributed by atoms with E-state index in [0.717, 1.165) is 17.5 Å². The number of nitriles is 1. The summed E-state index contributed by atoms with van der Waals surface area (Å²) in [6, 6.07) is 25.7. The van der Waals surface area contributed by atoms with Gasteiger partial charge in [0.15, 0.2) is 6.61 Å². The molecule has 0 atom stereocenters. The van der Waals surface area contributed by atoms with Crippen molar-refractivity contribution in [3.8, 4) is 11.8 Å². The second kappa shape index (κ2) is 12.8. The summed E-state index contributed by atoms with van der Waals surface area (Å²) >= 11 is 5.86. The Morgan fingerprint density at radius 2 is 1.62 bits per heavy atom. The van der Waals surface area contributed by atoms with Crippen LogP contribution in [0.15, 0.2) is 84.4 Å². The molecule has 0 saturated carbocycles. The number of carbonyl (C=O) groups is 2. The fourth-order valence-corrected chi connectivity index (χ4v) is 3.17. The highest BCUT2D eigenvalue weighted by atomic mass is 35.5. The van der Waals surface area contributed by atoms with Crippen LogP contribution in [-0.4, -0.2) is 25.0 Å². The molecule has 0 spiro atoms. The highest BCUT2D eigenvalue weighted by Crippen LogP contribution is 2.15. The van der Waals surface area contributed by atoms with E-state index >= 15 is 0 Å². The third-order valence-electron chi connectivity index (χ3n) is 4.87. The first-order chi connectivity index (χ1) is 16.5. The fraction of sp³-hybridized carbons (Fsp3) is 0.148. The maximum atomic E-state index is 12.3. The Morgan fingerprint density at radius 3 is 2.29 bits per heavy atom. The number of hydrogen-bond donors (Lipinski definition) is 2. The van der Waals surface area contributed by atoms with Crippen LogP contribution >= 0.6 is 11.6 Å². The van der Waals surface area contributed by atoms with E-state index in [1.165, 1.54) is 6.08 Å². The molecule has 0 unspecified atom stereocenters.